The van der Waals surface area contributed by atoms with Gasteiger partial charge in [-0.3, -0.25) is 4.79 Å². The molecular weight excluding hydrogens is 166 g/mol. The van der Waals surface area contributed by atoms with E-state index in [1.54, 1.807) is 41.3 Å². The topological polar surface area (TPSA) is 47.8 Å². The van der Waals surface area contributed by atoms with Crippen molar-refractivity contribution < 1.29 is 4.79 Å². The minimum Gasteiger partial charge on any atom is -0.296 e. The molecule has 0 aliphatic heterocycles. The lowest BCUT2D eigenvalue weighted by Gasteiger charge is -1.99. The molecule has 2 rings (SSSR count). The first kappa shape index (κ1) is 7.67. The second-order valence-electron chi connectivity index (χ2n) is 2.49. The van der Waals surface area contributed by atoms with Gasteiger partial charge in [0.2, 0.25) is 0 Å². The molecule has 0 aromatic carbocycles. The highest BCUT2D eigenvalue weighted by Gasteiger charge is 1.97. The highest BCUT2D eigenvalue weighted by molar-refractivity contribution is 5.71. The lowest BCUT2D eigenvalue weighted by molar-refractivity contribution is 0.111. The Balaban J connectivity index is 2.47. The van der Waals surface area contributed by atoms with Gasteiger partial charge in [-0.25, -0.2) is 9.67 Å². The van der Waals surface area contributed by atoms with Gasteiger partial charge in [0.15, 0.2) is 12.1 Å². The lowest BCUT2D eigenvalue weighted by atomic mass is 10.4. The Hall–Kier alpha value is -1.97. The van der Waals surface area contributed by atoms with Crippen LogP contribution in [0.5, 0.6) is 0 Å². The first-order chi connectivity index (χ1) is 6.40. The van der Waals surface area contributed by atoms with Crippen molar-refractivity contribution in [2.45, 2.75) is 0 Å². The Bertz CT molecular complexity index is 409. The smallest absolute Gasteiger partial charge is 0.168 e. The summed E-state index contributed by atoms with van der Waals surface area (Å²) in [4.78, 5) is 14.5. The standard InChI is InChI=1S/C9H7N3O/c13-7-8-3-1-4-9(11-8)12-6-2-5-10-12/h1-7H. The zero-order chi connectivity index (χ0) is 9.10. The summed E-state index contributed by atoms with van der Waals surface area (Å²) in [6.07, 6.45) is 4.15. The Kier molecular flexibility index (Phi) is 1.88. The molecule has 0 fully saturated rings. The van der Waals surface area contributed by atoms with Crippen LogP contribution in [0.4, 0.5) is 0 Å². The van der Waals surface area contributed by atoms with E-state index in [1.807, 2.05) is 0 Å². The van der Waals surface area contributed by atoms with E-state index in [4.69, 9.17) is 0 Å². The Morgan fingerprint density at radius 2 is 2.23 bits per heavy atom. The number of nitrogens with zero attached hydrogens (tertiary/aromatic N) is 3. The van der Waals surface area contributed by atoms with Crippen molar-refractivity contribution in [2.75, 3.05) is 0 Å². The van der Waals surface area contributed by atoms with Crippen molar-refractivity contribution in [3.8, 4) is 5.82 Å². The first-order valence-electron chi connectivity index (χ1n) is 3.82. The first-order valence-corrected chi connectivity index (χ1v) is 3.82. The number of carbonyl (C=O) groups is 1. The fourth-order valence-corrected chi connectivity index (χ4v) is 1.04. The van der Waals surface area contributed by atoms with Crippen molar-refractivity contribution in [1.82, 2.24) is 14.8 Å². The predicted molar refractivity (Wildman–Crippen MR) is 46.7 cm³/mol. The van der Waals surface area contributed by atoms with E-state index in [2.05, 4.69) is 10.1 Å². The predicted octanol–water partition coefficient (Wildman–Crippen LogP) is 1.08. The molecule has 4 nitrogen and oxygen atoms in total. The number of aldehydes is 1. The van der Waals surface area contributed by atoms with Crippen molar-refractivity contribution in [2.24, 2.45) is 0 Å². The van der Waals surface area contributed by atoms with Gasteiger partial charge in [0.05, 0.1) is 0 Å². The van der Waals surface area contributed by atoms with Gasteiger partial charge in [0.1, 0.15) is 5.69 Å². The van der Waals surface area contributed by atoms with Crippen LogP contribution in [-0.4, -0.2) is 21.1 Å². The molecule has 13 heavy (non-hydrogen) atoms. The summed E-state index contributed by atoms with van der Waals surface area (Å²) >= 11 is 0. The van der Waals surface area contributed by atoms with Gasteiger partial charge in [0.25, 0.3) is 0 Å². The van der Waals surface area contributed by atoms with E-state index in [0.29, 0.717) is 17.8 Å². The molecule has 2 heterocycles. The van der Waals surface area contributed by atoms with Crippen LogP contribution in [0.2, 0.25) is 0 Å². The summed E-state index contributed by atoms with van der Waals surface area (Å²) in [6, 6.07) is 7.02. The van der Waals surface area contributed by atoms with Crippen LogP contribution in [0.1, 0.15) is 10.5 Å². The molecule has 4 heteroatoms. The van der Waals surface area contributed by atoms with E-state index in [0.717, 1.165) is 0 Å². The third-order valence-corrected chi connectivity index (χ3v) is 1.62. The quantitative estimate of drug-likeness (QED) is 0.638. The Morgan fingerprint density at radius 1 is 1.31 bits per heavy atom. The zero-order valence-electron chi connectivity index (χ0n) is 6.79. The second kappa shape index (κ2) is 3.18. The number of hydrogen-bond acceptors (Lipinski definition) is 3. The summed E-state index contributed by atoms with van der Waals surface area (Å²) in [5, 5.41) is 4.00. The van der Waals surface area contributed by atoms with Crippen LogP contribution >= 0.6 is 0 Å². The van der Waals surface area contributed by atoms with Gasteiger partial charge >= 0.3 is 0 Å². The SMILES string of the molecule is O=Cc1cccc(-n2cccn2)n1. The molecule has 0 saturated carbocycles. The summed E-state index contributed by atoms with van der Waals surface area (Å²) in [7, 11) is 0. The molecule has 2 aromatic heterocycles. The minimum atomic E-state index is 0.410. The van der Waals surface area contributed by atoms with Crippen LogP contribution in [0, 0.1) is 0 Å². The number of pyridine rings is 1. The van der Waals surface area contributed by atoms with Crippen molar-refractivity contribution in [1.29, 1.82) is 0 Å². The van der Waals surface area contributed by atoms with Gasteiger partial charge in [-0.2, -0.15) is 5.10 Å². The van der Waals surface area contributed by atoms with Gasteiger partial charge in [-0.05, 0) is 18.2 Å². The maximum absolute atomic E-state index is 10.4. The molecule has 0 saturated heterocycles. The van der Waals surface area contributed by atoms with Crippen molar-refractivity contribution in [3.05, 3.63) is 42.4 Å². The molecule has 64 valence electrons. The highest BCUT2D eigenvalue weighted by atomic mass is 16.1. The molecular formula is C9H7N3O. The molecule has 0 unspecified atom stereocenters. The third-order valence-electron chi connectivity index (χ3n) is 1.62. The highest BCUT2D eigenvalue weighted by Crippen LogP contribution is 2.02. The van der Waals surface area contributed by atoms with E-state index in [9.17, 15) is 4.79 Å². The number of aromatic nitrogens is 3. The Morgan fingerprint density at radius 3 is 2.92 bits per heavy atom. The summed E-state index contributed by atoms with van der Waals surface area (Å²) in [5.74, 6) is 0.648. The average Bonchev–Trinajstić information content (AvgIpc) is 2.71. The number of hydrogen-bond donors (Lipinski definition) is 0. The third kappa shape index (κ3) is 1.46. The fraction of sp³-hybridized carbons (Fsp3) is 0. The summed E-state index contributed by atoms with van der Waals surface area (Å²) in [6.45, 7) is 0. The molecule has 0 amide bonds. The molecule has 0 atom stereocenters. The lowest BCUT2D eigenvalue weighted by Crippen LogP contribution is -1.99. The molecule has 2 aromatic rings. The second-order valence-corrected chi connectivity index (χ2v) is 2.49. The molecule has 0 radical (unpaired) electrons. The Labute approximate surface area is 74.8 Å². The maximum atomic E-state index is 10.4. The van der Waals surface area contributed by atoms with E-state index in [1.165, 1.54) is 0 Å². The zero-order valence-corrected chi connectivity index (χ0v) is 6.79. The van der Waals surface area contributed by atoms with E-state index >= 15 is 0 Å². The fourth-order valence-electron chi connectivity index (χ4n) is 1.04. The molecule has 0 aliphatic carbocycles. The van der Waals surface area contributed by atoms with Gasteiger partial charge < -0.3 is 0 Å². The van der Waals surface area contributed by atoms with Crippen LogP contribution < -0.4 is 0 Å². The van der Waals surface area contributed by atoms with E-state index < -0.39 is 0 Å². The van der Waals surface area contributed by atoms with Gasteiger partial charge in [0, 0.05) is 12.4 Å². The average molecular weight is 173 g/mol. The van der Waals surface area contributed by atoms with Gasteiger partial charge in [-0.1, -0.05) is 6.07 Å². The van der Waals surface area contributed by atoms with E-state index in [-0.39, 0.29) is 0 Å². The van der Waals surface area contributed by atoms with Crippen LogP contribution in [-0.2, 0) is 0 Å². The number of rotatable bonds is 2. The van der Waals surface area contributed by atoms with Crippen LogP contribution in [0.25, 0.3) is 5.82 Å². The molecule has 0 bridgehead atoms. The molecule has 0 aliphatic rings. The van der Waals surface area contributed by atoms with Crippen LogP contribution in [0.15, 0.2) is 36.7 Å². The normalized spacial score (nSPS) is 9.85. The number of carbonyl (C=O) groups excluding carboxylic acids is 1. The summed E-state index contributed by atoms with van der Waals surface area (Å²) < 4.78 is 1.60. The minimum absolute atomic E-state index is 0.410. The molecule has 0 spiro atoms. The van der Waals surface area contributed by atoms with Gasteiger partial charge in [-0.15, -0.1) is 0 Å². The van der Waals surface area contributed by atoms with Crippen molar-refractivity contribution in [3.63, 3.8) is 0 Å². The largest absolute Gasteiger partial charge is 0.296 e. The molecule has 0 N–H and O–H groups in total. The summed E-state index contributed by atoms with van der Waals surface area (Å²) in [5.41, 5.74) is 0.410. The van der Waals surface area contributed by atoms with Crippen molar-refractivity contribution >= 4 is 6.29 Å². The maximum Gasteiger partial charge on any atom is 0.168 e. The monoisotopic (exact) mass is 173 g/mol. The van der Waals surface area contributed by atoms with Crippen LogP contribution in [0.3, 0.4) is 0 Å².